The van der Waals surface area contributed by atoms with Gasteiger partial charge in [-0.15, -0.1) is 0 Å². The van der Waals surface area contributed by atoms with Gasteiger partial charge in [-0.05, 0) is 50.2 Å². The number of aromatic nitrogens is 1. The highest BCUT2D eigenvalue weighted by Crippen LogP contribution is 2.22. The van der Waals surface area contributed by atoms with Crippen LogP contribution < -0.4 is 10.6 Å². The van der Waals surface area contributed by atoms with Crippen LogP contribution >= 0.6 is 0 Å². The third-order valence-electron chi connectivity index (χ3n) is 4.72. The highest BCUT2D eigenvalue weighted by atomic mass is 16.2. The molecule has 2 aromatic rings. The minimum atomic E-state index is -0.351. The summed E-state index contributed by atoms with van der Waals surface area (Å²) < 4.78 is 0. The first kappa shape index (κ1) is 19.5. The smallest absolute Gasteiger partial charge is 0.251 e. The van der Waals surface area contributed by atoms with Crippen molar-refractivity contribution in [2.24, 2.45) is 5.92 Å². The number of pyridine rings is 1. The molecular formula is C21H24N4O3. The molecule has 1 aliphatic heterocycles. The molecule has 1 aliphatic rings. The van der Waals surface area contributed by atoms with E-state index in [2.05, 4.69) is 15.6 Å². The number of rotatable bonds is 6. The van der Waals surface area contributed by atoms with Crippen LogP contribution in [0.3, 0.4) is 0 Å². The largest absolute Gasteiger partial charge is 0.346 e. The maximum absolute atomic E-state index is 12.4. The minimum Gasteiger partial charge on any atom is -0.346 e. The summed E-state index contributed by atoms with van der Waals surface area (Å²) >= 11 is 0. The van der Waals surface area contributed by atoms with Gasteiger partial charge >= 0.3 is 0 Å². The summed E-state index contributed by atoms with van der Waals surface area (Å²) in [6.45, 7) is 4.67. The van der Waals surface area contributed by atoms with Gasteiger partial charge in [0, 0.05) is 36.5 Å². The number of likely N-dealkylation sites (tertiary alicyclic amines) is 1. The van der Waals surface area contributed by atoms with Gasteiger partial charge in [-0.2, -0.15) is 0 Å². The van der Waals surface area contributed by atoms with Crippen molar-refractivity contribution in [3.05, 3.63) is 59.9 Å². The number of anilines is 1. The zero-order valence-electron chi connectivity index (χ0n) is 16.0. The highest BCUT2D eigenvalue weighted by Gasteiger charge is 2.35. The molecule has 1 fully saturated rings. The maximum Gasteiger partial charge on any atom is 0.251 e. The van der Waals surface area contributed by atoms with Gasteiger partial charge in [0.25, 0.3) is 5.91 Å². The number of benzene rings is 1. The van der Waals surface area contributed by atoms with E-state index in [1.54, 1.807) is 35.4 Å². The zero-order chi connectivity index (χ0) is 20.1. The summed E-state index contributed by atoms with van der Waals surface area (Å²) in [7, 11) is 0. The van der Waals surface area contributed by atoms with E-state index in [0.717, 1.165) is 5.69 Å². The second-order valence-electron chi connectivity index (χ2n) is 7.11. The highest BCUT2D eigenvalue weighted by molar-refractivity contribution is 5.98. The minimum absolute atomic E-state index is 0.00933. The van der Waals surface area contributed by atoms with Crippen LogP contribution in [0.4, 0.5) is 5.69 Å². The molecule has 1 atom stereocenters. The van der Waals surface area contributed by atoms with E-state index in [1.807, 2.05) is 32.0 Å². The Bertz CT molecular complexity index is 850. The standard InChI is InChI=1S/C21H24N4O3/c1-14(2)25-13-16(11-19(25)26)21(28)24-17-8-6-15(7-9-17)20(27)23-12-18-5-3-4-10-22-18/h3-10,14,16H,11-13H2,1-2H3,(H,23,27)(H,24,28). The molecule has 2 heterocycles. The second-order valence-corrected chi connectivity index (χ2v) is 7.11. The van der Waals surface area contributed by atoms with Crippen LogP contribution in [-0.2, 0) is 16.1 Å². The number of amides is 3. The Morgan fingerprint density at radius 3 is 2.54 bits per heavy atom. The Hall–Kier alpha value is -3.22. The summed E-state index contributed by atoms with van der Waals surface area (Å²) in [6.07, 6.45) is 1.91. The molecule has 0 saturated carbocycles. The first-order valence-electron chi connectivity index (χ1n) is 9.32. The maximum atomic E-state index is 12.4. The Morgan fingerprint density at radius 1 is 1.18 bits per heavy atom. The van der Waals surface area contributed by atoms with Gasteiger partial charge in [-0.25, -0.2) is 0 Å². The first-order valence-corrected chi connectivity index (χ1v) is 9.32. The van der Waals surface area contributed by atoms with Crippen molar-refractivity contribution < 1.29 is 14.4 Å². The lowest BCUT2D eigenvalue weighted by Gasteiger charge is -2.20. The second kappa shape index (κ2) is 8.65. The van der Waals surface area contributed by atoms with Crippen molar-refractivity contribution in [3.63, 3.8) is 0 Å². The molecule has 7 nitrogen and oxygen atoms in total. The number of nitrogens with one attached hydrogen (secondary N) is 2. The molecule has 146 valence electrons. The quantitative estimate of drug-likeness (QED) is 0.804. The average molecular weight is 380 g/mol. The third-order valence-corrected chi connectivity index (χ3v) is 4.72. The van der Waals surface area contributed by atoms with Crippen molar-refractivity contribution >= 4 is 23.4 Å². The van der Waals surface area contributed by atoms with Crippen LogP contribution in [0.15, 0.2) is 48.7 Å². The van der Waals surface area contributed by atoms with E-state index in [4.69, 9.17) is 0 Å². The zero-order valence-corrected chi connectivity index (χ0v) is 16.0. The molecule has 7 heteroatoms. The van der Waals surface area contributed by atoms with Gasteiger partial charge < -0.3 is 15.5 Å². The third kappa shape index (κ3) is 4.73. The molecule has 0 spiro atoms. The number of carbonyl (C=O) groups is 3. The lowest BCUT2D eigenvalue weighted by Crippen LogP contribution is -2.33. The number of carbonyl (C=O) groups excluding carboxylic acids is 3. The van der Waals surface area contributed by atoms with Gasteiger partial charge in [0.1, 0.15) is 0 Å². The van der Waals surface area contributed by atoms with Crippen molar-refractivity contribution in [3.8, 4) is 0 Å². The summed E-state index contributed by atoms with van der Waals surface area (Å²) in [4.78, 5) is 42.5. The van der Waals surface area contributed by atoms with E-state index < -0.39 is 0 Å². The van der Waals surface area contributed by atoms with E-state index in [-0.39, 0.29) is 36.1 Å². The van der Waals surface area contributed by atoms with E-state index >= 15 is 0 Å². The van der Waals surface area contributed by atoms with Gasteiger partial charge in [-0.3, -0.25) is 19.4 Å². The van der Waals surface area contributed by atoms with Crippen molar-refractivity contribution in [1.29, 1.82) is 0 Å². The molecule has 3 amide bonds. The number of hydrogen-bond donors (Lipinski definition) is 2. The van der Waals surface area contributed by atoms with Crippen LogP contribution in [0.25, 0.3) is 0 Å². The molecule has 28 heavy (non-hydrogen) atoms. The lowest BCUT2D eigenvalue weighted by molar-refractivity contribution is -0.129. The molecule has 0 aliphatic carbocycles. The van der Waals surface area contributed by atoms with E-state index in [0.29, 0.717) is 24.3 Å². The summed E-state index contributed by atoms with van der Waals surface area (Å²) in [5.74, 6) is -0.729. The molecule has 0 bridgehead atoms. The average Bonchev–Trinajstić information content (AvgIpc) is 3.10. The van der Waals surface area contributed by atoms with Crippen molar-refractivity contribution in [2.45, 2.75) is 32.9 Å². The Labute approximate surface area is 164 Å². The Morgan fingerprint density at radius 2 is 1.93 bits per heavy atom. The normalized spacial score (nSPS) is 16.3. The molecular weight excluding hydrogens is 356 g/mol. The SMILES string of the molecule is CC(C)N1CC(C(=O)Nc2ccc(C(=O)NCc3ccccn3)cc2)CC1=O. The molecule has 1 aromatic heterocycles. The molecule has 1 saturated heterocycles. The predicted molar refractivity (Wildman–Crippen MR) is 105 cm³/mol. The van der Waals surface area contributed by atoms with E-state index in [1.165, 1.54) is 0 Å². The molecule has 1 unspecified atom stereocenters. The first-order chi connectivity index (χ1) is 13.4. The van der Waals surface area contributed by atoms with Crippen LogP contribution in [-0.4, -0.2) is 40.2 Å². The molecule has 0 radical (unpaired) electrons. The summed E-state index contributed by atoms with van der Waals surface area (Å²) in [6, 6.07) is 12.3. The van der Waals surface area contributed by atoms with Crippen LogP contribution in [0.5, 0.6) is 0 Å². The van der Waals surface area contributed by atoms with Crippen molar-refractivity contribution in [2.75, 3.05) is 11.9 Å². The van der Waals surface area contributed by atoms with Gasteiger partial charge in [-0.1, -0.05) is 6.07 Å². The number of hydrogen-bond acceptors (Lipinski definition) is 4. The molecule has 2 N–H and O–H groups in total. The lowest BCUT2D eigenvalue weighted by atomic mass is 10.1. The monoisotopic (exact) mass is 380 g/mol. The molecule has 1 aromatic carbocycles. The van der Waals surface area contributed by atoms with E-state index in [9.17, 15) is 14.4 Å². The number of nitrogens with zero attached hydrogens (tertiary/aromatic N) is 2. The van der Waals surface area contributed by atoms with Crippen LogP contribution in [0, 0.1) is 5.92 Å². The Kier molecular flexibility index (Phi) is 6.03. The van der Waals surface area contributed by atoms with Crippen LogP contribution in [0.1, 0.15) is 36.3 Å². The fraction of sp³-hybridized carbons (Fsp3) is 0.333. The van der Waals surface area contributed by atoms with Gasteiger partial charge in [0.15, 0.2) is 0 Å². The summed E-state index contributed by atoms with van der Waals surface area (Å²) in [5, 5.41) is 5.64. The van der Waals surface area contributed by atoms with Gasteiger partial charge in [0.2, 0.25) is 11.8 Å². The van der Waals surface area contributed by atoms with Crippen molar-refractivity contribution in [1.82, 2.24) is 15.2 Å². The molecule has 3 rings (SSSR count). The fourth-order valence-electron chi connectivity index (χ4n) is 3.13. The van der Waals surface area contributed by atoms with Crippen LogP contribution in [0.2, 0.25) is 0 Å². The topological polar surface area (TPSA) is 91.4 Å². The predicted octanol–water partition coefficient (Wildman–Crippen LogP) is 2.21. The fourth-order valence-corrected chi connectivity index (χ4v) is 3.13. The van der Waals surface area contributed by atoms with Gasteiger partial charge in [0.05, 0.1) is 18.2 Å². The Balaban J connectivity index is 1.53. The summed E-state index contributed by atoms with van der Waals surface area (Å²) in [5.41, 5.74) is 1.87.